The van der Waals surface area contributed by atoms with Gasteiger partial charge in [-0.3, -0.25) is 4.79 Å². The fourth-order valence-electron chi connectivity index (χ4n) is 1.85. The van der Waals surface area contributed by atoms with Crippen LogP contribution < -0.4 is 4.90 Å². The summed E-state index contributed by atoms with van der Waals surface area (Å²) in [7, 11) is 0. The van der Waals surface area contributed by atoms with Gasteiger partial charge >= 0.3 is 0 Å². The minimum absolute atomic E-state index is 0.218. The SMILES string of the molecule is O=C(CCBr)N1CCN(c2ncccn2)CC1. The molecule has 0 aliphatic carbocycles. The Hall–Kier alpha value is -1.17. The van der Waals surface area contributed by atoms with Crippen LogP contribution in [0.3, 0.4) is 0 Å². The zero-order valence-corrected chi connectivity index (χ0v) is 11.1. The van der Waals surface area contributed by atoms with Crippen LogP contribution in [-0.2, 0) is 4.79 Å². The Balaban J connectivity index is 1.88. The molecule has 1 saturated heterocycles. The van der Waals surface area contributed by atoms with Crippen LogP contribution in [0.5, 0.6) is 0 Å². The van der Waals surface area contributed by atoms with Gasteiger partial charge < -0.3 is 9.80 Å². The summed E-state index contributed by atoms with van der Waals surface area (Å²) in [6.07, 6.45) is 4.05. The van der Waals surface area contributed by atoms with Crippen molar-refractivity contribution >= 4 is 27.8 Å². The van der Waals surface area contributed by atoms with Gasteiger partial charge in [-0.1, -0.05) is 15.9 Å². The first kappa shape index (κ1) is 12.3. The fraction of sp³-hybridized carbons (Fsp3) is 0.545. The highest BCUT2D eigenvalue weighted by Gasteiger charge is 2.21. The summed E-state index contributed by atoms with van der Waals surface area (Å²) >= 11 is 3.29. The number of nitrogens with zero attached hydrogens (tertiary/aromatic N) is 4. The van der Waals surface area contributed by atoms with E-state index in [4.69, 9.17) is 0 Å². The highest BCUT2D eigenvalue weighted by molar-refractivity contribution is 9.09. The first-order chi connectivity index (χ1) is 8.31. The largest absolute Gasteiger partial charge is 0.339 e. The molecule has 2 heterocycles. The molecule has 0 bridgehead atoms. The third kappa shape index (κ3) is 3.15. The predicted octanol–water partition coefficient (Wildman–Crippen LogP) is 0.910. The standard InChI is InChI=1S/C11H15BrN4O/c12-3-2-10(17)15-6-8-16(9-7-15)11-13-4-1-5-14-11/h1,4-5H,2-3,6-9H2. The molecular formula is C11H15BrN4O. The number of carbonyl (C=O) groups excluding carboxylic acids is 1. The van der Waals surface area contributed by atoms with E-state index in [0.29, 0.717) is 6.42 Å². The molecular weight excluding hydrogens is 284 g/mol. The van der Waals surface area contributed by atoms with Gasteiger partial charge in [-0.05, 0) is 6.07 Å². The second kappa shape index (κ2) is 5.95. The molecule has 0 spiro atoms. The molecule has 0 atom stereocenters. The first-order valence-corrected chi connectivity index (χ1v) is 6.79. The number of aromatic nitrogens is 2. The summed E-state index contributed by atoms with van der Waals surface area (Å²) in [6, 6.07) is 1.80. The zero-order valence-electron chi connectivity index (χ0n) is 9.55. The Bertz CT molecular complexity index is 365. The van der Waals surface area contributed by atoms with Crippen molar-refractivity contribution in [2.24, 2.45) is 0 Å². The van der Waals surface area contributed by atoms with Crippen LogP contribution in [-0.4, -0.2) is 52.3 Å². The molecule has 0 N–H and O–H groups in total. The van der Waals surface area contributed by atoms with Crippen LogP contribution in [0.2, 0.25) is 0 Å². The maximum Gasteiger partial charge on any atom is 0.225 e. The molecule has 1 amide bonds. The Morgan fingerprint density at radius 2 is 1.88 bits per heavy atom. The van der Waals surface area contributed by atoms with E-state index in [1.807, 2.05) is 4.90 Å². The quantitative estimate of drug-likeness (QED) is 0.779. The van der Waals surface area contributed by atoms with Crippen LogP contribution in [0.25, 0.3) is 0 Å². The molecule has 1 aliphatic rings. The van der Waals surface area contributed by atoms with Crippen molar-refractivity contribution < 1.29 is 4.79 Å². The van der Waals surface area contributed by atoms with Gasteiger partial charge in [-0.2, -0.15) is 0 Å². The summed E-state index contributed by atoms with van der Waals surface area (Å²) < 4.78 is 0. The molecule has 5 nitrogen and oxygen atoms in total. The number of carbonyl (C=O) groups is 1. The van der Waals surface area contributed by atoms with Gasteiger partial charge in [0.25, 0.3) is 0 Å². The molecule has 0 saturated carbocycles. The minimum Gasteiger partial charge on any atom is -0.339 e. The van der Waals surface area contributed by atoms with Crippen molar-refractivity contribution in [3.63, 3.8) is 0 Å². The molecule has 2 rings (SSSR count). The summed E-state index contributed by atoms with van der Waals surface area (Å²) in [5.41, 5.74) is 0. The number of amides is 1. The van der Waals surface area contributed by atoms with Crippen molar-refractivity contribution in [1.29, 1.82) is 0 Å². The van der Waals surface area contributed by atoms with Gasteiger partial charge in [0, 0.05) is 50.3 Å². The van der Waals surface area contributed by atoms with E-state index in [1.165, 1.54) is 0 Å². The molecule has 6 heteroatoms. The highest BCUT2D eigenvalue weighted by atomic mass is 79.9. The smallest absolute Gasteiger partial charge is 0.225 e. The van der Waals surface area contributed by atoms with E-state index in [-0.39, 0.29) is 5.91 Å². The molecule has 1 fully saturated rings. The monoisotopic (exact) mass is 298 g/mol. The Morgan fingerprint density at radius 1 is 1.24 bits per heavy atom. The van der Waals surface area contributed by atoms with E-state index in [1.54, 1.807) is 18.5 Å². The van der Waals surface area contributed by atoms with E-state index < -0.39 is 0 Å². The molecule has 0 unspecified atom stereocenters. The lowest BCUT2D eigenvalue weighted by molar-refractivity contribution is -0.131. The first-order valence-electron chi connectivity index (χ1n) is 5.67. The van der Waals surface area contributed by atoms with E-state index in [2.05, 4.69) is 30.8 Å². The van der Waals surface area contributed by atoms with E-state index in [9.17, 15) is 4.79 Å². The van der Waals surface area contributed by atoms with Gasteiger partial charge in [-0.15, -0.1) is 0 Å². The van der Waals surface area contributed by atoms with Crippen molar-refractivity contribution in [2.45, 2.75) is 6.42 Å². The number of hydrogen-bond donors (Lipinski definition) is 0. The Labute approximate surface area is 109 Å². The van der Waals surface area contributed by atoms with E-state index >= 15 is 0 Å². The molecule has 1 aliphatic heterocycles. The molecule has 1 aromatic rings. The Kier molecular flexibility index (Phi) is 4.30. The summed E-state index contributed by atoms with van der Waals surface area (Å²) in [4.78, 5) is 24.1. The van der Waals surface area contributed by atoms with Crippen molar-refractivity contribution in [3.05, 3.63) is 18.5 Å². The fourth-order valence-corrected chi connectivity index (χ4v) is 2.19. The zero-order chi connectivity index (χ0) is 12.1. The number of alkyl halides is 1. The summed E-state index contributed by atoms with van der Waals surface area (Å²) in [5, 5.41) is 0.730. The summed E-state index contributed by atoms with van der Waals surface area (Å²) in [6.45, 7) is 3.12. The maximum absolute atomic E-state index is 11.7. The van der Waals surface area contributed by atoms with Gasteiger partial charge in [-0.25, -0.2) is 9.97 Å². The molecule has 92 valence electrons. The second-order valence-electron chi connectivity index (χ2n) is 3.86. The van der Waals surface area contributed by atoms with Gasteiger partial charge in [0.15, 0.2) is 0 Å². The van der Waals surface area contributed by atoms with Crippen molar-refractivity contribution in [2.75, 3.05) is 36.4 Å². The number of halogens is 1. The third-order valence-corrected chi connectivity index (χ3v) is 3.17. The highest BCUT2D eigenvalue weighted by Crippen LogP contribution is 2.10. The lowest BCUT2D eigenvalue weighted by Gasteiger charge is -2.34. The lowest BCUT2D eigenvalue weighted by Crippen LogP contribution is -2.49. The van der Waals surface area contributed by atoms with Crippen LogP contribution in [0.1, 0.15) is 6.42 Å². The van der Waals surface area contributed by atoms with Gasteiger partial charge in [0.1, 0.15) is 0 Å². The average Bonchev–Trinajstić information content (AvgIpc) is 2.40. The molecule has 0 aromatic carbocycles. The number of rotatable bonds is 3. The molecule has 1 aromatic heterocycles. The summed E-state index contributed by atoms with van der Waals surface area (Å²) in [5.74, 6) is 0.968. The Morgan fingerprint density at radius 3 is 2.47 bits per heavy atom. The molecule has 0 radical (unpaired) electrons. The van der Waals surface area contributed by atoms with Crippen LogP contribution in [0.4, 0.5) is 5.95 Å². The predicted molar refractivity (Wildman–Crippen MR) is 69.2 cm³/mol. The van der Waals surface area contributed by atoms with Crippen molar-refractivity contribution in [1.82, 2.24) is 14.9 Å². The van der Waals surface area contributed by atoms with Crippen LogP contribution >= 0.6 is 15.9 Å². The normalized spacial score (nSPS) is 16.1. The van der Waals surface area contributed by atoms with E-state index in [0.717, 1.165) is 37.5 Å². The third-order valence-electron chi connectivity index (χ3n) is 2.78. The topological polar surface area (TPSA) is 49.3 Å². The average molecular weight is 299 g/mol. The number of hydrogen-bond acceptors (Lipinski definition) is 4. The second-order valence-corrected chi connectivity index (χ2v) is 4.65. The number of piperazine rings is 1. The molecule has 17 heavy (non-hydrogen) atoms. The lowest BCUT2D eigenvalue weighted by atomic mass is 10.3. The minimum atomic E-state index is 0.218. The number of anilines is 1. The van der Waals surface area contributed by atoms with Crippen molar-refractivity contribution in [3.8, 4) is 0 Å². The van der Waals surface area contributed by atoms with Crippen LogP contribution in [0.15, 0.2) is 18.5 Å². The van der Waals surface area contributed by atoms with Gasteiger partial charge in [0.05, 0.1) is 0 Å². The van der Waals surface area contributed by atoms with Gasteiger partial charge in [0.2, 0.25) is 11.9 Å². The van der Waals surface area contributed by atoms with Crippen LogP contribution in [0, 0.1) is 0 Å². The maximum atomic E-state index is 11.7.